The number of hydrogen-bond donors (Lipinski definition) is 0. The Morgan fingerprint density at radius 1 is 1.00 bits per heavy atom. The molecule has 0 saturated carbocycles. The third-order valence-corrected chi connectivity index (χ3v) is 3.92. The molecule has 0 aliphatic heterocycles. The first kappa shape index (κ1) is 11.7. The Labute approximate surface area is 100 Å². The van der Waals surface area contributed by atoms with E-state index in [2.05, 4.69) is 9.97 Å². The minimum Gasteiger partial charge on any atom is -0.238 e. The molecule has 1 aromatic heterocycles. The summed E-state index contributed by atoms with van der Waals surface area (Å²) >= 11 is 0. The highest BCUT2D eigenvalue weighted by molar-refractivity contribution is 7.91. The maximum atomic E-state index is 12.2. The van der Waals surface area contributed by atoms with Crippen molar-refractivity contribution in [3.8, 4) is 0 Å². The van der Waals surface area contributed by atoms with Crippen LogP contribution in [0.5, 0.6) is 0 Å². The molecule has 0 aliphatic carbocycles. The lowest BCUT2D eigenvalue weighted by Crippen LogP contribution is -2.07. The Balaban J connectivity index is 2.60. The number of sulfone groups is 1. The van der Waals surface area contributed by atoms with E-state index in [9.17, 15) is 8.42 Å². The highest BCUT2D eigenvalue weighted by atomic mass is 32.2. The van der Waals surface area contributed by atoms with Gasteiger partial charge in [-0.15, -0.1) is 0 Å². The van der Waals surface area contributed by atoms with E-state index in [0.29, 0.717) is 11.5 Å². The van der Waals surface area contributed by atoms with E-state index in [1.165, 1.54) is 6.07 Å². The first-order valence-corrected chi connectivity index (χ1v) is 6.61. The quantitative estimate of drug-likeness (QED) is 0.762. The summed E-state index contributed by atoms with van der Waals surface area (Å²) in [6, 6.07) is 9.75. The monoisotopic (exact) mass is 248 g/mol. The van der Waals surface area contributed by atoms with Crippen LogP contribution >= 0.6 is 0 Å². The van der Waals surface area contributed by atoms with Crippen LogP contribution in [0.1, 0.15) is 11.5 Å². The second kappa shape index (κ2) is 4.25. The summed E-state index contributed by atoms with van der Waals surface area (Å²) in [7, 11) is -3.54. The van der Waals surface area contributed by atoms with Crippen molar-refractivity contribution in [1.82, 2.24) is 9.97 Å². The Morgan fingerprint density at radius 3 is 2.24 bits per heavy atom. The molecule has 0 aliphatic rings. The van der Waals surface area contributed by atoms with Crippen LogP contribution in [-0.2, 0) is 9.84 Å². The zero-order valence-corrected chi connectivity index (χ0v) is 10.4. The van der Waals surface area contributed by atoms with Crippen LogP contribution in [0.4, 0.5) is 0 Å². The summed E-state index contributed by atoms with van der Waals surface area (Å²) in [5.41, 5.74) is 0.645. The van der Waals surface area contributed by atoms with Gasteiger partial charge < -0.3 is 0 Å². The van der Waals surface area contributed by atoms with Crippen LogP contribution in [0.2, 0.25) is 0 Å². The van der Waals surface area contributed by atoms with Crippen molar-refractivity contribution < 1.29 is 8.42 Å². The number of nitrogens with zero attached hydrogens (tertiary/aromatic N) is 2. The van der Waals surface area contributed by atoms with E-state index in [1.54, 1.807) is 44.2 Å². The Morgan fingerprint density at radius 2 is 1.65 bits per heavy atom. The van der Waals surface area contributed by atoms with E-state index < -0.39 is 9.84 Å². The molecule has 0 spiro atoms. The van der Waals surface area contributed by atoms with Crippen molar-refractivity contribution in [3.63, 3.8) is 0 Å². The van der Waals surface area contributed by atoms with E-state index >= 15 is 0 Å². The van der Waals surface area contributed by atoms with Gasteiger partial charge in [-0.25, -0.2) is 18.4 Å². The third-order valence-electron chi connectivity index (χ3n) is 2.27. The van der Waals surface area contributed by atoms with Crippen molar-refractivity contribution in [1.29, 1.82) is 0 Å². The van der Waals surface area contributed by atoms with Crippen LogP contribution in [0.15, 0.2) is 46.3 Å². The van der Waals surface area contributed by atoms with E-state index in [1.807, 2.05) is 0 Å². The van der Waals surface area contributed by atoms with Gasteiger partial charge >= 0.3 is 0 Å². The van der Waals surface area contributed by atoms with Crippen LogP contribution < -0.4 is 0 Å². The molecule has 0 N–H and O–H groups in total. The molecule has 0 fully saturated rings. The van der Waals surface area contributed by atoms with Gasteiger partial charge in [0.15, 0.2) is 5.03 Å². The predicted octanol–water partition coefficient (Wildman–Crippen LogP) is 1.93. The fourth-order valence-corrected chi connectivity index (χ4v) is 2.88. The highest BCUT2D eigenvalue weighted by Crippen LogP contribution is 2.18. The normalized spacial score (nSPS) is 11.4. The molecule has 5 heteroatoms. The molecule has 88 valence electrons. The fraction of sp³-hybridized carbons (Fsp3) is 0.167. The molecule has 2 aromatic rings. The van der Waals surface area contributed by atoms with E-state index in [0.717, 1.165) is 0 Å². The van der Waals surface area contributed by atoms with Crippen LogP contribution in [0, 0.1) is 13.8 Å². The molecule has 1 heterocycles. The second-order valence-electron chi connectivity index (χ2n) is 3.71. The van der Waals surface area contributed by atoms with Gasteiger partial charge in [0.25, 0.3) is 0 Å². The van der Waals surface area contributed by atoms with Gasteiger partial charge in [0.2, 0.25) is 9.84 Å². The molecular formula is C12H12N2O2S. The molecule has 0 atom stereocenters. The minimum atomic E-state index is -3.54. The SMILES string of the molecule is Cc1cc(S(=O)(=O)c2ccccc2)nc(C)n1. The van der Waals surface area contributed by atoms with Gasteiger partial charge in [0, 0.05) is 5.69 Å². The summed E-state index contributed by atoms with van der Waals surface area (Å²) in [5, 5.41) is 0.0497. The molecule has 1 aromatic carbocycles. The molecule has 2 rings (SSSR count). The van der Waals surface area contributed by atoms with Gasteiger partial charge in [-0.3, -0.25) is 0 Å². The fourth-order valence-electron chi connectivity index (χ4n) is 1.54. The molecular weight excluding hydrogens is 236 g/mol. The average molecular weight is 248 g/mol. The second-order valence-corrected chi connectivity index (χ2v) is 5.61. The largest absolute Gasteiger partial charge is 0.238 e. The molecule has 0 saturated heterocycles. The van der Waals surface area contributed by atoms with E-state index in [4.69, 9.17) is 0 Å². The lowest BCUT2D eigenvalue weighted by Gasteiger charge is -2.05. The molecule has 0 unspecified atom stereocenters. The number of aromatic nitrogens is 2. The number of hydrogen-bond acceptors (Lipinski definition) is 4. The van der Waals surface area contributed by atoms with Crippen molar-refractivity contribution in [3.05, 3.63) is 47.9 Å². The Hall–Kier alpha value is -1.75. The minimum absolute atomic E-state index is 0.0497. The summed E-state index contributed by atoms with van der Waals surface area (Å²) in [6.45, 7) is 3.43. The van der Waals surface area contributed by atoms with E-state index in [-0.39, 0.29) is 9.92 Å². The van der Waals surface area contributed by atoms with Crippen LogP contribution in [0.25, 0.3) is 0 Å². The molecule has 0 bridgehead atoms. The molecule has 17 heavy (non-hydrogen) atoms. The lowest BCUT2D eigenvalue weighted by atomic mass is 10.4. The van der Waals surface area contributed by atoms with Gasteiger partial charge in [-0.2, -0.15) is 0 Å². The first-order chi connectivity index (χ1) is 8.00. The lowest BCUT2D eigenvalue weighted by molar-refractivity contribution is 0.591. The average Bonchev–Trinajstić information content (AvgIpc) is 2.29. The number of aryl methyl sites for hydroxylation is 2. The van der Waals surface area contributed by atoms with Gasteiger partial charge in [0.1, 0.15) is 5.82 Å². The van der Waals surface area contributed by atoms with Crippen LogP contribution in [-0.4, -0.2) is 18.4 Å². The zero-order valence-electron chi connectivity index (χ0n) is 9.58. The van der Waals surface area contributed by atoms with Gasteiger partial charge in [0.05, 0.1) is 4.90 Å². The summed E-state index contributed by atoms with van der Waals surface area (Å²) in [6.07, 6.45) is 0. The summed E-state index contributed by atoms with van der Waals surface area (Å²) in [5.74, 6) is 0.458. The Bertz CT molecular complexity index is 617. The van der Waals surface area contributed by atoms with Crippen molar-refractivity contribution in [2.24, 2.45) is 0 Å². The Kier molecular flexibility index (Phi) is 2.93. The first-order valence-electron chi connectivity index (χ1n) is 5.12. The number of rotatable bonds is 2. The molecule has 0 radical (unpaired) electrons. The molecule has 0 amide bonds. The smallest absolute Gasteiger partial charge is 0.223 e. The standard InChI is InChI=1S/C12H12N2O2S/c1-9-8-12(14-10(2)13-9)17(15,16)11-6-4-3-5-7-11/h3-8H,1-2H3. The predicted molar refractivity (Wildman–Crippen MR) is 63.4 cm³/mol. The van der Waals surface area contributed by atoms with Crippen molar-refractivity contribution >= 4 is 9.84 Å². The highest BCUT2D eigenvalue weighted by Gasteiger charge is 2.19. The van der Waals surface area contributed by atoms with Crippen molar-refractivity contribution in [2.45, 2.75) is 23.8 Å². The van der Waals surface area contributed by atoms with Gasteiger partial charge in [-0.05, 0) is 32.0 Å². The summed E-state index contributed by atoms with van der Waals surface area (Å²) < 4.78 is 24.5. The van der Waals surface area contributed by atoms with Gasteiger partial charge in [-0.1, -0.05) is 18.2 Å². The zero-order chi connectivity index (χ0) is 12.5. The maximum Gasteiger partial charge on any atom is 0.223 e. The summed E-state index contributed by atoms with van der Waals surface area (Å²) in [4.78, 5) is 8.30. The topological polar surface area (TPSA) is 59.9 Å². The van der Waals surface area contributed by atoms with Crippen molar-refractivity contribution in [2.75, 3.05) is 0 Å². The van der Waals surface area contributed by atoms with Crippen LogP contribution in [0.3, 0.4) is 0 Å². The maximum absolute atomic E-state index is 12.2. The number of benzene rings is 1. The molecule has 4 nitrogen and oxygen atoms in total. The third kappa shape index (κ3) is 2.34.